The Morgan fingerprint density at radius 2 is 1.59 bits per heavy atom. The lowest BCUT2D eigenvalue weighted by Crippen LogP contribution is -2.48. The van der Waals surface area contributed by atoms with Crippen molar-refractivity contribution in [3.05, 3.63) is 59.7 Å². The highest BCUT2D eigenvalue weighted by atomic mass is 16.5. The van der Waals surface area contributed by atoms with Crippen molar-refractivity contribution in [2.45, 2.75) is 50.2 Å². The molecule has 34 heavy (non-hydrogen) atoms. The second-order valence-corrected chi connectivity index (χ2v) is 8.69. The highest BCUT2D eigenvalue weighted by molar-refractivity contribution is 5.89. The number of alkyl carbamates (subject to hydrolysis) is 1. The molecule has 8 nitrogen and oxygen atoms in total. The Bertz CT molecular complexity index is 988. The molecule has 0 bridgehead atoms. The van der Waals surface area contributed by atoms with E-state index in [-0.39, 0.29) is 25.2 Å². The van der Waals surface area contributed by atoms with Crippen LogP contribution in [0.1, 0.15) is 49.1 Å². The lowest BCUT2D eigenvalue weighted by Gasteiger charge is -2.19. The largest absolute Gasteiger partial charge is 0.481 e. The van der Waals surface area contributed by atoms with Crippen molar-refractivity contribution < 1.29 is 29.0 Å². The fourth-order valence-electron chi connectivity index (χ4n) is 4.74. The monoisotopic (exact) mass is 466 g/mol. The van der Waals surface area contributed by atoms with Crippen molar-refractivity contribution >= 4 is 18.0 Å². The Morgan fingerprint density at radius 3 is 2.21 bits per heavy atom. The minimum atomic E-state index is -1.24. The maximum absolute atomic E-state index is 12.5. The molecule has 0 aromatic heterocycles. The summed E-state index contributed by atoms with van der Waals surface area (Å²) < 4.78 is 11.2. The van der Waals surface area contributed by atoms with Crippen molar-refractivity contribution in [2.24, 2.45) is 0 Å². The molecular formula is C26H30N2O6. The van der Waals surface area contributed by atoms with Gasteiger partial charge in [-0.3, -0.25) is 9.59 Å². The summed E-state index contributed by atoms with van der Waals surface area (Å²) in [4.78, 5) is 36.2. The Kier molecular flexibility index (Phi) is 7.80. The first kappa shape index (κ1) is 23.8. The Balaban J connectivity index is 1.30. The molecule has 0 spiro atoms. The molecule has 2 aromatic rings. The Morgan fingerprint density at radius 1 is 0.971 bits per heavy atom. The highest BCUT2D eigenvalue weighted by Gasteiger charge is 2.30. The topological polar surface area (TPSA) is 114 Å². The molecule has 2 aliphatic rings. The van der Waals surface area contributed by atoms with Gasteiger partial charge in [0, 0.05) is 12.5 Å². The smallest absolute Gasteiger partial charge is 0.407 e. The second-order valence-electron chi connectivity index (χ2n) is 8.69. The van der Waals surface area contributed by atoms with Gasteiger partial charge in [0.1, 0.15) is 12.6 Å². The first-order valence-electron chi connectivity index (χ1n) is 11.8. The Hall–Kier alpha value is -3.39. The normalized spacial score (nSPS) is 15.9. The van der Waals surface area contributed by atoms with Gasteiger partial charge in [0.05, 0.1) is 19.1 Å². The number of carbonyl (C=O) groups is 3. The molecule has 2 aromatic carbocycles. The van der Waals surface area contributed by atoms with Gasteiger partial charge in [-0.2, -0.15) is 0 Å². The molecule has 8 heteroatoms. The predicted octanol–water partition coefficient (Wildman–Crippen LogP) is 3.44. The number of carboxylic acids is 1. The van der Waals surface area contributed by atoms with Gasteiger partial charge in [-0.05, 0) is 35.1 Å². The number of nitrogens with one attached hydrogen (secondary N) is 2. The zero-order valence-electron chi connectivity index (χ0n) is 19.0. The Labute approximate surface area is 198 Å². The zero-order valence-corrected chi connectivity index (χ0v) is 19.0. The van der Waals surface area contributed by atoms with Crippen LogP contribution >= 0.6 is 0 Å². The fraction of sp³-hybridized carbons (Fsp3) is 0.423. The molecule has 1 saturated carbocycles. The molecule has 0 aliphatic heterocycles. The summed E-state index contributed by atoms with van der Waals surface area (Å²) in [5, 5.41) is 14.2. The number of hydrogen-bond acceptors (Lipinski definition) is 5. The van der Waals surface area contributed by atoms with Gasteiger partial charge in [0.15, 0.2) is 0 Å². The molecule has 2 amide bonds. The summed E-state index contributed by atoms with van der Waals surface area (Å²) in [6.45, 7) is 0.676. The number of fused-ring (bicyclic) bond motifs is 3. The van der Waals surface area contributed by atoms with E-state index in [9.17, 15) is 19.5 Å². The standard InChI is InChI=1S/C26H30N2O6/c29-24(30)15-23(25(31)27-13-14-33-17-7-1-2-8-17)28-26(32)34-16-22-20-11-5-3-9-18(20)19-10-4-6-12-21(19)22/h3-6,9-12,17,22-23H,1-2,7-8,13-16H2,(H,27,31)(H,28,32)(H,29,30). The van der Waals surface area contributed by atoms with Crippen LogP contribution in [-0.4, -0.2) is 55.0 Å². The van der Waals surface area contributed by atoms with Crippen LogP contribution < -0.4 is 10.6 Å². The van der Waals surface area contributed by atoms with Crippen molar-refractivity contribution in [2.75, 3.05) is 19.8 Å². The van der Waals surface area contributed by atoms with Gasteiger partial charge < -0.3 is 25.2 Å². The zero-order chi connectivity index (χ0) is 23.9. The first-order valence-corrected chi connectivity index (χ1v) is 11.8. The number of amides is 2. The van der Waals surface area contributed by atoms with Crippen LogP contribution in [-0.2, 0) is 19.1 Å². The third-order valence-electron chi connectivity index (χ3n) is 6.39. The molecule has 1 atom stereocenters. The molecule has 0 saturated heterocycles. The molecule has 0 heterocycles. The van der Waals surface area contributed by atoms with Gasteiger partial charge in [0.25, 0.3) is 0 Å². The average molecular weight is 467 g/mol. The molecule has 3 N–H and O–H groups in total. The van der Waals surface area contributed by atoms with Crippen LogP contribution in [0, 0.1) is 0 Å². The van der Waals surface area contributed by atoms with Crippen molar-refractivity contribution in [3.8, 4) is 11.1 Å². The fourth-order valence-corrected chi connectivity index (χ4v) is 4.74. The SMILES string of the molecule is O=C(O)CC(NC(=O)OCC1c2ccccc2-c2ccccc21)C(=O)NCCOC1CCCC1. The summed E-state index contributed by atoms with van der Waals surface area (Å²) in [6, 6.07) is 14.7. The van der Waals surface area contributed by atoms with E-state index in [1.807, 2.05) is 48.5 Å². The van der Waals surface area contributed by atoms with Crippen LogP contribution in [0.4, 0.5) is 4.79 Å². The van der Waals surface area contributed by atoms with Gasteiger partial charge in [-0.1, -0.05) is 61.4 Å². The van der Waals surface area contributed by atoms with E-state index in [0.717, 1.165) is 47.9 Å². The molecule has 1 fully saturated rings. The van der Waals surface area contributed by atoms with E-state index >= 15 is 0 Å². The van der Waals surface area contributed by atoms with Crippen molar-refractivity contribution in [1.29, 1.82) is 0 Å². The van der Waals surface area contributed by atoms with Crippen LogP contribution in [0.2, 0.25) is 0 Å². The second kappa shape index (κ2) is 11.2. The van der Waals surface area contributed by atoms with Crippen LogP contribution in [0.3, 0.4) is 0 Å². The van der Waals surface area contributed by atoms with Gasteiger partial charge in [-0.15, -0.1) is 0 Å². The summed E-state index contributed by atoms with van der Waals surface area (Å²) in [5.74, 6) is -1.90. The molecule has 2 aliphatic carbocycles. The van der Waals surface area contributed by atoms with Gasteiger partial charge in [0.2, 0.25) is 5.91 Å². The predicted molar refractivity (Wildman–Crippen MR) is 125 cm³/mol. The first-order chi connectivity index (χ1) is 16.5. The number of aliphatic carboxylic acids is 1. The number of ether oxygens (including phenoxy) is 2. The lowest BCUT2D eigenvalue weighted by atomic mass is 9.98. The number of hydrogen-bond donors (Lipinski definition) is 3. The van der Waals surface area contributed by atoms with E-state index < -0.39 is 30.4 Å². The van der Waals surface area contributed by atoms with Gasteiger partial charge in [-0.25, -0.2) is 4.79 Å². The summed E-state index contributed by atoms with van der Waals surface area (Å²) in [7, 11) is 0. The number of carboxylic acid groups (broad SMARTS) is 1. The molecule has 180 valence electrons. The highest BCUT2D eigenvalue weighted by Crippen LogP contribution is 2.44. The average Bonchev–Trinajstić information content (AvgIpc) is 3.46. The minimum Gasteiger partial charge on any atom is -0.481 e. The number of carbonyl (C=O) groups excluding carboxylic acids is 2. The van der Waals surface area contributed by atoms with Crippen molar-refractivity contribution in [3.63, 3.8) is 0 Å². The van der Waals surface area contributed by atoms with E-state index in [1.165, 1.54) is 0 Å². The number of rotatable bonds is 10. The summed E-state index contributed by atoms with van der Waals surface area (Å²) in [6.07, 6.45) is 3.22. The maximum Gasteiger partial charge on any atom is 0.407 e. The van der Waals surface area contributed by atoms with E-state index in [1.54, 1.807) is 0 Å². The van der Waals surface area contributed by atoms with Crippen LogP contribution in [0.15, 0.2) is 48.5 Å². The summed E-state index contributed by atoms with van der Waals surface area (Å²) in [5.41, 5.74) is 4.35. The van der Waals surface area contributed by atoms with E-state index in [4.69, 9.17) is 9.47 Å². The van der Waals surface area contributed by atoms with Crippen LogP contribution in [0.5, 0.6) is 0 Å². The van der Waals surface area contributed by atoms with Crippen LogP contribution in [0.25, 0.3) is 11.1 Å². The lowest BCUT2D eigenvalue weighted by molar-refractivity contribution is -0.139. The molecule has 0 radical (unpaired) electrons. The summed E-state index contributed by atoms with van der Waals surface area (Å²) >= 11 is 0. The quantitative estimate of drug-likeness (QED) is 0.462. The minimum absolute atomic E-state index is 0.0799. The molecule has 1 unspecified atom stereocenters. The van der Waals surface area contributed by atoms with Gasteiger partial charge >= 0.3 is 12.1 Å². The van der Waals surface area contributed by atoms with E-state index in [2.05, 4.69) is 10.6 Å². The molecule has 4 rings (SSSR count). The third-order valence-corrected chi connectivity index (χ3v) is 6.39. The third kappa shape index (κ3) is 5.75. The van der Waals surface area contributed by atoms with E-state index in [0.29, 0.717) is 6.61 Å². The maximum atomic E-state index is 12.5. The van der Waals surface area contributed by atoms with Crippen molar-refractivity contribution in [1.82, 2.24) is 10.6 Å². The number of benzene rings is 2. The molecular weight excluding hydrogens is 436 g/mol.